The van der Waals surface area contributed by atoms with Gasteiger partial charge in [-0.3, -0.25) is 18.5 Å². The molecule has 1 aromatic carbocycles. The van der Waals surface area contributed by atoms with Crippen LogP contribution in [0, 0.1) is 5.82 Å². The second-order valence-corrected chi connectivity index (χ2v) is 9.26. The first-order valence-electron chi connectivity index (χ1n) is 10.9. The lowest BCUT2D eigenvalue weighted by Crippen LogP contribution is -2.40. The maximum Gasteiger partial charge on any atom is 0.295 e. The van der Waals surface area contributed by atoms with E-state index < -0.39 is 16.9 Å². The van der Waals surface area contributed by atoms with E-state index in [9.17, 15) is 17.9 Å². The Hall–Kier alpha value is -2.89. The Kier molecular flexibility index (Phi) is 6.09. The predicted octanol–water partition coefficient (Wildman–Crippen LogP) is 2.77. The Morgan fingerprint density at radius 2 is 1.94 bits per heavy atom. The largest absolute Gasteiger partial charge is 0.771 e. The van der Waals surface area contributed by atoms with E-state index in [4.69, 9.17) is 4.74 Å². The van der Waals surface area contributed by atoms with Gasteiger partial charge >= 0.3 is 0 Å². The molecule has 9 nitrogen and oxygen atoms in total. The molecule has 0 radical (unpaired) electrons. The zero-order valence-corrected chi connectivity index (χ0v) is 18.6. The number of likely N-dealkylation sites (tertiary alicyclic amines) is 1. The van der Waals surface area contributed by atoms with Gasteiger partial charge in [-0.25, -0.2) is 9.37 Å². The van der Waals surface area contributed by atoms with Gasteiger partial charge in [0.05, 0.1) is 5.88 Å². The van der Waals surface area contributed by atoms with Crippen molar-refractivity contribution in [3.63, 3.8) is 0 Å². The molecule has 1 unspecified atom stereocenters. The molecular formula is C22H23FN5O4S-. The highest BCUT2D eigenvalue weighted by Gasteiger charge is 2.29. The number of rotatable bonds is 7. The molecule has 2 aromatic heterocycles. The summed E-state index contributed by atoms with van der Waals surface area (Å²) < 4.78 is 43.1. The van der Waals surface area contributed by atoms with E-state index in [-0.39, 0.29) is 35.0 Å². The topological polar surface area (TPSA) is 112 Å². The van der Waals surface area contributed by atoms with Crippen LogP contribution in [0.25, 0.3) is 11.0 Å². The molecule has 1 saturated carbocycles. The van der Waals surface area contributed by atoms with Crippen LogP contribution in [0.4, 0.5) is 10.3 Å². The van der Waals surface area contributed by atoms with E-state index in [0.717, 1.165) is 25.7 Å². The van der Waals surface area contributed by atoms with Crippen LogP contribution < -0.4 is 15.6 Å². The average Bonchev–Trinajstić information content (AvgIpc) is 3.62. The Morgan fingerprint density at radius 1 is 1.18 bits per heavy atom. The summed E-state index contributed by atoms with van der Waals surface area (Å²) in [6.45, 7) is 1.34. The van der Waals surface area contributed by atoms with Crippen LogP contribution in [-0.4, -0.2) is 53.2 Å². The third-order valence-electron chi connectivity index (χ3n) is 5.92. The first kappa shape index (κ1) is 21.9. The van der Waals surface area contributed by atoms with Crippen molar-refractivity contribution in [2.24, 2.45) is 0 Å². The fraction of sp³-hybridized carbons (Fsp3) is 0.409. The van der Waals surface area contributed by atoms with Gasteiger partial charge in [0.1, 0.15) is 5.65 Å². The number of pyridine rings is 1. The molecule has 1 aliphatic carbocycles. The Labute approximate surface area is 191 Å². The second kappa shape index (κ2) is 9.16. The fourth-order valence-corrected chi connectivity index (χ4v) is 4.65. The number of anilines is 1. The summed E-state index contributed by atoms with van der Waals surface area (Å²) in [4.78, 5) is 24.1. The van der Waals surface area contributed by atoms with Gasteiger partial charge in [-0.15, -0.1) is 0 Å². The fourth-order valence-electron chi connectivity index (χ4n) is 4.09. The van der Waals surface area contributed by atoms with Gasteiger partial charge in [-0.05, 0) is 55.0 Å². The van der Waals surface area contributed by atoms with Crippen LogP contribution in [-0.2, 0) is 11.1 Å². The van der Waals surface area contributed by atoms with Crippen LogP contribution in [0.5, 0.6) is 11.5 Å². The van der Waals surface area contributed by atoms with Crippen LogP contribution >= 0.6 is 0 Å². The molecule has 0 amide bonds. The summed E-state index contributed by atoms with van der Waals surface area (Å²) in [5.74, 6) is -0.0535. The van der Waals surface area contributed by atoms with Gasteiger partial charge in [-0.2, -0.15) is 4.98 Å². The number of ether oxygens (including phenoxy) is 1. The maximum atomic E-state index is 14.1. The molecule has 3 heterocycles. The number of hydrogen-bond acceptors (Lipinski definition) is 8. The lowest BCUT2D eigenvalue weighted by Gasteiger charge is -2.32. The molecule has 11 heteroatoms. The van der Waals surface area contributed by atoms with Crippen LogP contribution in [0.1, 0.15) is 31.7 Å². The quantitative estimate of drug-likeness (QED) is 0.523. The van der Waals surface area contributed by atoms with Crippen molar-refractivity contribution >= 4 is 28.1 Å². The molecule has 2 fully saturated rings. The Morgan fingerprint density at radius 3 is 2.64 bits per heavy atom. The van der Waals surface area contributed by atoms with Crippen molar-refractivity contribution in [3.8, 4) is 11.5 Å². The number of hydrogen-bond donors (Lipinski definition) is 1. The van der Waals surface area contributed by atoms with E-state index in [0.29, 0.717) is 30.1 Å². The number of piperidine rings is 1. The van der Waals surface area contributed by atoms with Gasteiger partial charge in [0.25, 0.3) is 5.56 Å². The van der Waals surface area contributed by atoms with Crippen molar-refractivity contribution in [1.29, 1.82) is 0 Å². The third-order valence-corrected chi connectivity index (χ3v) is 6.49. The summed E-state index contributed by atoms with van der Waals surface area (Å²) in [6, 6.07) is 7.65. The molecule has 174 valence electrons. The zero-order valence-electron chi connectivity index (χ0n) is 17.8. The normalized spacial score (nSPS) is 18.4. The number of nitrogens with one attached hydrogen (secondary N) is 1. The minimum absolute atomic E-state index is 0.0114. The Bertz CT molecular complexity index is 1260. The maximum absolute atomic E-state index is 14.1. The monoisotopic (exact) mass is 472 g/mol. The Balaban J connectivity index is 1.40. The molecule has 2 aliphatic rings. The van der Waals surface area contributed by atoms with Gasteiger partial charge in [0.15, 0.2) is 17.3 Å². The molecule has 3 aromatic rings. The van der Waals surface area contributed by atoms with Crippen molar-refractivity contribution in [2.75, 3.05) is 24.3 Å². The lowest BCUT2D eigenvalue weighted by atomic mass is 10.1. The van der Waals surface area contributed by atoms with Crippen molar-refractivity contribution in [1.82, 2.24) is 19.4 Å². The number of nitrogens with zero attached hydrogens (tertiary/aromatic N) is 4. The summed E-state index contributed by atoms with van der Waals surface area (Å²) in [6.07, 6.45) is 4.90. The summed E-state index contributed by atoms with van der Waals surface area (Å²) >= 11 is -2.08. The summed E-state index contributed by atoms with van der Waals surface area (Å²) in [5, 5.41) is 3.95. The van der Waals surface area contributed by atoms with Crippen LogP contribution in [0.3, 0.4) is 0 Å². The highest BCUT2D eigenvalue weighted by Crippen LogP contribution is 2.37. The number of benzene rings is 1. The van der Waals surface area contributed by atoms with Crippen molar-refractivity contribution < 1.29 is 17.9 Å². The molecule has 1 aliphatic heterocycles. The summed E-state index contributed by atoms with van der Waals surface area (Å²) in [5.41, 5.74) is 0.164. The standard InChI is InChI=1S/C22H24FN5O4S/c23-17-3-1-2-4-18(17)32-19-11-14-12-24-22(26-20(14)28(21(19)29)16-5-6-16)25-15-7-9-27(10-8-15)13-33(30)31/h1-4,11-12,15-16H,5-10,13H2,(H,30,31)(H,24,25,26)/p-1. The second-order valence-electron chi connectivity index (χ2n) is 8.39. The lowest BCUT2D eigenvalue weighted by molar-refractivity contribution is 0.247. The highest BCUT2D eigenvalue weighted by atomic mass is 32.2. The van der Waals surface area contributed by atoms with E-state index in [1.807, 2.05) is 4.90 Å². The van der Waals surface area contributed by atoms with Gasteiger partial charge < -0.3 is 14.6 Å². The first-order chi connectivity index (χ1) is 16.0. The van der Waals surface area contributed by atoms with Crippen LogP contribution in [0.15, 0.2) is 41.3 Å². The number of aromatic nitrogens is 3. The number of halogens is 1. The molecule has 0 spiro atoms. The van der Waals surface area contributed by atoms with E-state index >= 15 is 0 Å². The van der Waals surface area contributed by atoms with Gasteiger partial charge in [0.2, 0.25) is 5.95 Å². The van der Waals surface area contributed by atoms with E-state index in [2.05, 4.69) is 15.3 Å². The number of fused-ring (bicyclic) bond motifs is 1. The minimum atomic E-state index is -2.08. The molecule has 5 rings (SSSR count). The van der Waals surface area contributed by atoms with Gasteiger partial charge in [-0.1, -0.05) is 12.1 Å². The zero-order chi connectivity index (χ0) is 22.9. The smallest absolute Gasteiger partial charge is 0.295 e. The molecule has 1 saturated heterocycles. The third kappa shape index (κ3) is 4.90. The van der Waals surface area contributed by atoms with Crippen molar-refractivity contribution in [3.05, 3.63) is 52.7 Å². The van der Waals surface area contributed by atoms with E-state index in [1.165, 1.54) is 12.1 Å². The molecular weight excluding hydrogens is 449 g/mol. The molecule has 0 bridgehead atoms. The minimum Gasteiger partial charge on any atom is -0.771 e. The van der Waals surface area contributed by atoms with Crippen LogP contribution in [0.2, 0.25) is 0 Å². The van der Waals surface area contributed by atoms with Gasteiger partial charge in [0, 0.05) is 36.8 Å². The molecule has 1 atom stereocenters. The average molecular weight is 473 g/mol. The molecule has 33 heavy (non-hydrogen) atoms. The SMILES string of the molecule is O=c1c(Oc2ccccc2F)cc2cnc(NC3CCN(CS(=O)[O-])CC3)nc2n1C1CC1. The highest BCUT2D eigenvalue weighted by molar-refractivity contribution is 7.79. The first-order valence-corrected chi connectivity index (χ1v) is 12.1. The predicted molar refractivity (Wildman–Crippen MR) is 121 cm³/mol. The molecule has 1 N–H and O–H groups in total. The number of para-hydroxylation sites is 1. The summed E-state index contributed by atoms with van der Waals surface area (Å²) in [7, 11) is 0. The van der Waals surface area contributed by atoms with E-state index in [1.54, 1.807) is 29.0 Å². The van der Waals surface area contributed by atoms with Crippen molar-refractivity contribution in [2.45, 2.75) is 37.8 Å².